The monoisotopic (exact) mass is 342 g/mol. The number of anilines is 3. The van der Waals surface area contributed by atoms with E-state index in [4.69, 9.17) is 4.74 Å². The molecule has 1 aliphatic rings. The van der Waals surface area contributed by atoms with E-state index in [1.54, 1.807) is 24.3 Å². The molecule has 0 atom stereocenters. The van der Waals surface area contributed by atoms with Gasteiger partial charge in [0.25, 0.3) is 0 Å². The lowest BCUT2D eigenvalue weighted by Crippen LogP contribution is -2.41. The van der Waals surface area contributed by atoms with E-state index in [2.05, 4.69) is 15.0 Å². The minimum atomic E-state index is -1.38. The number of ether oxygens (including phenoxy) is 1. The Morgan fingerprint density at radius 2 is 1.92 bits per heavy atom. The van der Waals surface area contributed by atoms with E-state index in [1.807, 2.05) is 17.9 Å². The maximum Gasteiger partial charge on any atom is 0.240 e. The standard InChI is InChI=1S/C17H21N5O3/c1-2-6-14-18-15(21-9-11-25-12-10-21)20-16(19-14)22(17(23)24)13-7-4-3-5-8-13/h3-5,7-8H,2,6,9-12H2,1H3,(H,23,24)/p-1. The SMILES string of the molecule is CCCc1nc(N2CCOCC2)nc(N(C(=O)[O-])c2ccccc2)n1. The van der Waals surface area contributed by atoms with Gasteiger partial charge in [-0.2, -0.15) is 15.0 Å². The number of aryl methyl sites for hydroxylation is 1. The normalized spacial score (nSPS) is 14.4. The molecule has 0 N–H and O–H groups in total. The Kier molecular flexibility index (Phi) is 5.39. The van der Waals surface area contributed by atoms with Crippen molar-refractivity contribution < 1.29 is 14.6 Å². The van der Waals surface area contributed by atoms with Crippen LogP contribution in [-0.4, -0.2) is 47.3 Å². The summed E-state index contributed by atoms with van der Waals surface area (Å²) in [6.07, 6.45) is 0.110. The highest BCUT2D eigenvalue weighted by molar-refractivity contribution is 5.91. The molecule has 1 aromatic heterocycles. The first-order valence-corrected chi connectivity index (χ1v) is 8.33. The number of amides is 1. The number of hydrogen-bond acceptors (Lipinski definition) is 7. The van der Waals surface area contributed by atoms with Crippen molar-refractivity contribution in [2.24, 2.45) is 0 Å². The Bertz CT molecular complexity index is 719. The zero-order chi connectivity index (χ0) is 17.6. The van der Waals surface area contributed by atoms with Gasteiger partial charge in [-0.15, -0.1) is 0 Å². The third-order valence-electron chi connectivity index (χ3n) is 3.82. The number of morpholine rings is 1. The van der Waals surface area contributed by atoms with Gasteiger partial charge in [-0.05, 0) is 18.6 Å². The molecule has 1 aromatic carbocycles. The van der Waals surface area contributed by atoms with E-state index in [-0.39, 0.29) is 5.95 Å². The second-order valence-corrected chi connectivity index (χ2v) is 5.64. The van der Waals surface area contributed by atoms with Crippen molar-refractivity contribution in [2.45, 2.75) is 19.8 Å². The van der Waals surface area contributed by atoms with Crippen LogP contribution in [0.5, 0.6) is 0 Å². The molecule has 1 saturated heterocycles. The fraction of sp³-hybridized carbons (Fsp3) is 0.412. The fourth-order valence-electron chi connectivity index (χ4n) is 2.62. The predicted octanol–water partition coefficient (Wildman–Crippen LogP) is 1.14. The topological polar surface area (TPSA) is 94.5 Å². The zero-order valence-corrected chi connectivity index (χ0v) is 14.1. The number of hydrogen-bond donors (Lipinski definition) is 0. The average Bonchev–Trinajstić information content (AvgIpc) is 2.63. The van der Waals surface area contributed by atoms with E-state index >= 15 is 0 Å². The van der Waals surface area contributed by atoms with E-state index in [0.717, 1.165) is 11.3 Å². The van der Waals surface area contributed by atoms with Gasteiger partial charge in [0.15, 0.2) is 0 Å². The second-order valence-electron chi connectivity index (χ2n) is 5.64. The maximum absolute atomic E-state index is 11.7. The summed E-state index contributed by atoms with van der Waals surface area (Å²) in [5.41, 5.74) is 0.434. The molecule has 1 fully saturated rings. The van der Waals surface area contributed by atoms with Crippen molar-refractivity contribution in [3.8, 4) is 0 Å². The molecule has 0 unspecified atom stereocenters. The molecule has 3 rings (SSSR count). The lowest BCUT2D eigenvalue weighted by molar-refractivity contribution is -0.245. The van der Waals surface area contributed by atoms with Gasteiger partial charge < -0.3 is 19.5 Å². The highest BCUT2D eigenvalue weighted by Crippen LogP contribution is 2.23. The van der Waals surface area contributed by atoms with Gasteiger partial charge in [-0.3, -0.25) is 4.90 Å². The van der Waals surface area contributed by atoms with Gasteiger partial charge in [0.2, 0.25) is 11.9 Å². The van der Waals surface area contributed by atoms with Crippen molar-refractivity contribution in [2.75, 3.05) is 36.1 Å². The molecule has 0 radical (unpaired) electrons. The van der Waals surface area contributed by atoms with Crippen molar-refractivity contribution >= 4 is 23.7 Å². The molecule has 0 saturated carbocycles. The van der Waals surface area contributed by atoms with Crippen LogP contribution in [0, 0.1) is 0 Å². The van der Waals surface area contributed by atoms with Crippen LogP contribution >= 0.6 is 0 Å². The summed E-state index contributed by atoms with van der Waals surface area (Å²) in [4.78, 5) is 27.9. The molecule has 1 aliphatic heterocycles. The Morgan fingerprint density at radius 1 is 1.20 bits per heavy atom. The fourth-order valence-corrected chi connectivity index (χ4v) is 2.62. The van der Waals surface area contributed by atoms with Gasteiger partial charge >= 0.3 is 0 Å². The molecular formula is C17H20N5O3-. The van der Waals surface area contributed by atoms with Gasteiger partial charge in [-0.1, -0.05) is 25.1 Å². The van der Waals surface area contributed by atoms with Crippen molar-refractivity contribution in [3.05, 3.63) is 36.2 Å². The van der Waals surface area contributed by atoms with Gasteiger partial charge in [0.05, 0.1) is 18.9 Å². The highest BCUT2D eigenvalue weighted by atomic mass is 16.5. The lowest BCUT2D eigenvalue weighted by atomic mass is 10.3. The Labute approximate surface area is 146 Å². The highest BCUT2D eigenvalue weighted by Gasteiger charge is 2.20. The first kappa shape index (κ1) is 17.1. The molecule has 8 nitrogen and oxygen atoms in total. The van der Waals surface area contributed by atoms with Crippen LogP contribution in [0.25, 0.3) is 0 Å². The zero-order valence-electron chi connectivity index (χ0n) is 14.1. The quantitative estimate of drug-likeness (QED) is 0.804. The third-order valence-corrected chi connectivity index (χ3v) is 3.82. The van der Waals surface area contributed by atoms with Crippen LogP contribution < -0.4 is 14.9 Å². The summed E-state index contributed by atoms with van der Waals surface area (Å²) >= 11 is 0. The molecule has 25 heavy (non-hydrogen) atoms. The minimum Gasteiger partial charge on any atom is -0.529 e. The van der Waals surface area contributed by atoms with Gasteiger partial charge in [-0.25, -0.2) is 0 Å². The van der Waals surface area contributed by atoms with E-state index in [0.29, 0.717) is 50.2 Å². The van der Waals surface area contributed by atoms with Crippen molar-refractivity contribution in [1.29, 1.82) is 0 Å². The molecule has 2 heterocycles. The van der Waals surface area contributed by atoms with E-state index in [1.165, 1.54) is 0 Å². The summed E-state index contributed by atoms with van der Waals surface area (Å²) in [6.45, 7) is 4.52. The molecule has 1 amide bonds. The van der Waals surface area contributed by atoms with Crippen LogP contribution in [-0.2, 0) is 11.2 Å². The van der Waals surface area contributed by atoms with E-state index < -0.39 is 6.09 Å². The number of carbonyl (C=O) groups excluding carboxylic acids is 1. The summed E-state index contributed by atoms with van der Waals surface area (Å²) in [5, 5.41) is 11.7. The molecule has 2 aromatic rings. The number of benzene rings is 1. The first-order valence-electron chi connectivity index (χ1n) is 8.33. The van der Waals surface area contributed by atoms with Gasteiger partial charge in [0, 0.05) is 19.5 Å². The Hall–Kier alpha value is -2.74. The van der Waals surface area contributed by atoms with E-state index in [9.17, 15) is 9.90 Å². The number of carbonyl (C=O) groups is 1. The van der Waals surface area contributed by atoms with Crippen LogP contribution in [0.15, 0.2) is 30.3 Å². The molecular weight excluding hydrogens is 322 g/mol. The van der Waals surface area contributed by atoms with Crippen LogP contribution in [0.4, 0.5) is 22.4 Å². The summed E-state index contributed by atoms with van der Waals surface area (Å²) in [5.74, 6) is 1.10. The summed E-state index contributed by atoms with van der Waals surface area (Å²) in [6, 6.07) is 8.66. The molecule has 0 bridgehead atoms. The second kappa shape index (κ2) is 7.89. The molecule has 8 heteroatoms. The predicted molar refractivity (Wildman–Crippen MR) is 90.8 cm³/mol. The maximum atomic E-state index is 11.7. The number of carboxylic acid groups (broad SMARTS) is 1. The average molecular weight is 342 g/mol. The number of para-hydroxylation sites is 1. The molecule has 0 spiro atoms. The third kappa shape index (κ3) is 4.03. The number of rotatable bonds is 5. The number of aromatic nitrogens is 3. The first-order chi connectivity index (χ1) is 12.2. The van der Waals surface area contributed by atoms with Crippen LogP contribution in [0.3, 0.4) is 0 Å². The van der Waals surface area contributed by atoms with Crippen LogP contribution in [0.2, 0.25) is 0 Å². The molecule has 0 aliphatic carbocycles. The minimum absolute atomic E-state index is 0.0612. The van der Waals surface area contributed by atoms with Crippen molar-refractivity contribution in [3.63, 3.8) is 0 Å². The Morgan fingerprint density at radius 3 is 2.56 bits per heavy atom. The summed E-state index contributed by atoms with van der Waals surface area (Å²) < 4.78 is 5.36. The molecule has 132 valence electrons. The summed E-state index contributed by atoms with van der Waals surface area (Å²) in [7, 11) is 0. The largest absolute Gasteiger partial charge is 0.529 e. The smallest absolute Gasteiger partial charge is 0.240 e. The van der Waals surface area contributed by atoms with Crippen LogP contribution in [0.1, 0.15) is 19.2 Å². The Balaban J connectivity index is 2.03. The number of nitrogens with zero attached hydrogens (tertiary/aromatic N) is 5. The van der Waals surface area contributed by atoms with Gasteiger partial charge in [0.1, 0.15) is 11.9 Å². The van der Waals surface area contributed by atoms with Crippen molar-refractivity contribution in [1.82, 2.24) is 15.0 Å². The lowest BCUT2D eigenvalue weighted by Gasteiger charge is -2.29.